The number of pyridine rings is 1. The molecule has 0 aliphatic rings. The van der Waals surface area contributed by atoms with Crippen LogP contribution in [-0.2, 0) is 0 Å². The summed E-state index contributed by atoms with van der Waals surface area (Å²) in [7, 11) is 0. The van der Waals surface area contributed by atoms with Gasteiger partial charge in [-0.1, -0.05) is 0 Å². The molecule has 0 aliphatic heterocycles. The molecule has 0 radical (unpaired) electrons. The van der Waals surface area contributed by atoms with Gasteiger partial charge in [-0.05, 0) is 12.1 Å². The smallest absolute Gasteiger partial charge is 0.247 e. The van der Waals surface area contributed by atoms with E-state index in [2.05, 4.69) is 4.98 Å². The number of hydrogen-bond donors (Lipinski definition) is 0. The minimum Gasteiger partial charge on any atom is -0.265 e. The van der Waals surface area contributed by atoms with Gasteiger partial charge in [0.05, 0.1) is 5.75 Å². The molecule has 0 N–H and O–H groups in total. The zero-order valence-electron chi connectivity index (χ0n) is 5.71. The number of alkyl halides is 2. The average Bonchev–Trinajstić information content (AvgIpc) is 2.03. The molecule has 60 valence electrons. The second kappa shape index (κ2) is 4.28. The van der Waals surface area contributed by atoms with E-state index in [0.29, 0.717) is 0 Å². The van der Waals surface area contributed by atoms with Gasteiger partial charge in [-0.25, -0.2) is 8.78 Å². The van der Waals surface area contributed by atoms with Crippen LogP contribution in [0.1, 0.15) is 0 Å². The molecule has 1 aromatic rings. The van der Waals surface area contributed by atoms with E-state index in [-0.39, 0.29) is 5.75 Å². The lowest BCUT2D eigenvalue weighted by atomic mass is 10.5. The van der Waals surface area contributed by atoms with Crippen LogP contribution < -0.4 is 0 Å². The SMILES string of the molecule is FC(F)CSc1ccncc1. The van der Waals surface area contributed by atoms with E-state index in [1.54, 1.807) is 24.5 Å². The largest absolute Gasteiger partial charge is 0.265 e. The predicted octanol–water partition coefficient (Wildman–Crippen LogP) is 2.44. The molecule has 0 unspecified atom stereocenters. The Bertz CT molecular complexity index is 203. The summed E-state index contributed by atoms with van der Waals surface area (Å²) in [5.74, 6) is -0.149. The molecule has 1 heterocycles. The summed E-state index contributed by atoms with van der Waals surface area (Å²) >= 11 is 1.14. The van der Waals surface area contributed by atoms with Crippen molar-refractivity contribution in [2.75, 3.05) is 5.75 Å². The van der Waals surface area contributed by atoms with Crippen LogP contribution in [0.4, 0.5) is 8.78 Å². The van der Waals surface area contributed by atoms with E-state index in [9.17, 15) is 8.78 Å². The molecule has 0 bridgehead atoms. The van der Waals surface area contributed by atoms with E-state index >= 15 is 0 Å². The summed E-state index contributed by atoms with van der Waals surface area (Å²) in [5.41, 5.74) is 0. The summed E-state index contributed by atoms with van der Waals surface area (Å²) in [6.45, 7) is 0. The van der Waals surface area contributed by atoms with Gasteiger partial charge in [-0.2, -0.15) is 0 Å². The fourth-order valence-corrected chi connectivity index (χ4v) is 1.23. The van der Waals surface area contributed by atoms with Crippen molar-refractivity contribution in [2.45, 2.75) is 11.3 Å². The van der Waals surface area contributed by atoms with Crippen molar-refractivity contribution in [3.63, 3.8) is 0 Å². The third kappa shape index (κ3) is 3.32. The first-order valence-electron chi connectivity index (χ1n) is 3.10. The van der Waals surface area contributed by atoms with Crippen LogP contribution in [0.25, 0.3) is 0 Å². The van der Waals surface area contributed by atoms with Gasteiger partial charge >= 0.3 is 0 Å². The first-order chi connectivity index (χ1) is 5.29. The first kappa shape index (κ1) is 8.46. The van der Waals surface area contributed by atoms with Crippen LogP contribution >= 0.6 is 11.8 Å². The third-order valence-electron chi connectivity index (χ3n) is 1.03. The number of nitrogens with zero attached hydrogens (tertiary/aromatic N) is 1. The van der Waals surface area contributed by atoms with Crippen LogP contribution in [0.5, 0.6) is 0 Å². The van der Waals surface area contributed by atoms with Crippen molar-refractivity contribution >= 4 is 11.8 Å². The predicted molar refractivity (Wildman–Crippen MR) is 41.0 cm³/mol. The molecule has 1 rings (SSSR count). The van der Waals surface area contributed by atoms with Crippen molar-refractivity contribution < 1.29 is 8.78 Å². The Morgan fingerprint density at radius 1 is 1.36 bits per heavy atom. The van der Waals surface area contributed by atoms with Gasteiger partial charge in [0.2, 0.25) is 6.43 Å². The highest BCUT2D eigenvalue weighted by atomic mass is 32.2. The Morgan fingerprint density at radius 3 is 2.55 bits per heavy atom. The normalized spacial score (nSPS) is 10.5. The van der Waals surface area contributed by atoms with Gasteiger partial charge in [-0.3, -0.25) is 4.98 Å². The number of aromatic nitrogens is 1. The zero-order valence-corrected chi connectivity index (χ0v) is 6.52. The maximum Gasteiger partial charge on any atom is 0.247 e. The third-order valence-corrected chi connectivity index (χ3v) is 2.05. The molecule has 1 aromatic heterocycles. The van der Waals surface area contributed by atoms with Crippen LogP contribution in [0.2, 0.25) is 0 Å². The molecule has 0 amide bonds. The summed E-state index contributed by atoms with van der Waals surface area (Å²) in [6, 6.07) is 3.43. The lowest BCUT2D eigenvalue weighted by Gasteiger charge is -1.98. The quantitative estimate of drug-likeness (QED) is 0.654. The maximum absolute atomic E-state index is 11.7. The molecule has 0 aliphatic carbocycles. The molecule has 0 aromatic carbocycles. The summed E-state index contributed by atoms with van der Waals surface area (Å²) < 4.78 is 23.4. The lowest BCUT2D eigenvalue weighted by Crippen LogP contribution is -1.92. The van der Waals surface area contributed by atoms with Gasteiger partial charge in [0, 0.05) is 17.3 Å². The summed E-state index contributed by atoms with van der Waals surface area (Å²) in [5, 5.41) is 0. The van der Waals surface area contributed by atoms with Gasteiger partial charge in [-0.15, -0.1) is 11.8 Å². The Labute approximate surface area is 67.8 Å². The number of thioether (sulfide) groups is 1. The minimum atomic E-state index is -2.24. The van der Waals surface area contributed by atoms with Gasteiger partial charge < -0.3 is 0 Å². The summed E-state index contributed by atoms with van der Waals surface area (Å²) in [4.78, 5) is 4.61. The fraction of sp³-hybridized carbons (Fsp3) is 0.286. The van der Waals surface area contributed by atoms with E-state index in [1.807, 2.05) is 0 Å². The molecule has 4 heteroatoms. The Kier molecular flexibility index (Phi) is 3.29. The minimum absolute atomic E-state index is 0.149. The average molecular weight is 175 g/mol. The van der Waals surface area contributed by atoms with Crippen molar-refractivity contribution in [1.82, 2.24) is 4.98 Å². The maximum atomic E-state index is 11.7. The molecule has 0 fully saturated rings. The topological polar surface area (TPSA) is 12.9 Å². The standard InChI is InChI=1S/C7H7F2NS/c8-7(9)5-11-6-1-3-10-4-2-6/h1-4,7H,5H2. The van der Waals surface area contributed by atoms with Crippen molar-refractivity contribution in [2.24, 2.45) is 0 Å². The fourth-order valence-electron chi connectivity index (χ4n) is 0.594. The van der Waals surface area contributed by atoms with Crippen molar-refractivity contribution in [1.29, 1.82) is 0 Å². The van der Waals surface area contributed by atoms with E-state index < -0.39 is 6.43 Å². The van der Waals surface area contributed by atoms with E-state index in [4.69, 9.17) is 0 Å². The number of hydrogen-bond acceptors (Lipinski definition) is 2. The molecule has 11 heavy (non-hydrogen) atoms. The monoisotopic (exact) mass is 175 g/mol. The Hall–Kier alpha value is -0.640. The molecular weight excluding hydrogens is 168 g/mol. The van der Waals surface area contributed by atoms with E-state index in [1.165, 1.54) is 0 Å². The molecular formula is C7H7F2NS. The molecule has 1 nitrogen and oxygen atoms in total. The zero-order chi connectivity index (χ0) is 8.10. The van der Waals surface area contributed by atoms with Crippen LogP contribution in [0, 0.1) is 0 Å². The van der Waals surface area contributed by atoms with Crippen LogP contribution in [0.15, 0.2) is 29.4 Å². The first-order valence-corrected chi connectivity index (χ1v) is 4.08. The number of halogens is 2. The number of rotatable bonds is 3. The lowest BCUT2D eigenvalue weighted by molar-refractivity contribution is 0.177. The molecule has 0 saturated carbocycles. The highest BCUT2D eigenvalue weighted by molar-refractivity contribution is 7.99. The van der Waals surface area contributed by atoms with Gasteiger partial charge in [0.1, 0.15) is 0 Å². The van der Waals surface area contributed by atoms with Crippen molar-refractivity contribution in [3.05, 3.63) is 24.5 Å². The van der Waals surface area contributed by atoms with E-state index in [0.717, 1.165) is 16.7 Å². The molecule has 0 atom stereocenters. The molecule has 0 spiro atoms. The van der Waals surface area contributed by atoms with Gasteiger partial charge in [0.25, 0.3) is 0 Å². The second-order valence-corrected chi connectivity index (χ2v) is 2.98. The highest BCUT2D eigenvalue weighted by Gasteiger charge is 2.02. The Balaban J connectivity index is 2.39. The molecule has 0 saturated heterocycles. The Morgan fingerprint density at radius 2 is 2.00 bits per heavy atom. The van der Waals surface area contributed by atoms with Crippen LogP contribution in [-0.4, -0.2) is 17.2 Å². The van der Waals surface area contributed by atoms with Crippen LogP contribution in [0.3, 0.4) is 0 Å². The van der Waals surface area contributed by atoms with Gasteiger partial charge in [0.15, 0.2) is 0 Å². The highest BCUT2D eigenvalue weighted by Crippen LogP contribution is 2.18. The summed E-state index contributed by atoms with van der Waals surface area (Å²) in [6.07, 6.45) is 0.940. The second-order valence-electron chi connectivity index (χ2n) is 1.89. The van der Waals surface area contributed by atoms with Crippen molar-refractivity contribution in [3.8, 4) is 0 Å².